The van der Waals surface area contributed by atoms with E-state index in [1.165, 1.54) is 25.2 Å². The van der Waals surface area contributed by atoms with Crippen LogP contribution in [0.3, 0.4) is 0 Å². The van der Waals surface area contributed by atoms with Gasteiger partial charge in [0.05, 0.1) is 0 Å². The molecule has 0 spiro atoms. The topological polar surface area (TPSA) is 3.24 Å². The summed E-state index contributed by atoms with van der Waals surface area (Å²) in [5.41, 5.74) is 1.42. The minimum absolute atomic E-state index is 0.837. The van der Waals surface area contributed by atoms with Crippen LogP contribution >= 0.6 is 11.3 Å². The summed E-state index contributed by atoms with van der Waals surface area (Å²) in [4.78, 5) is 2.52. The van der Waals surface area contributed by atoms with E-state index < -0.39 is 0 Å². The zero-order valence-corrected chi connectivity index (χ0v) is 9.18. The van der Waals surface area contributed by atoms with Gasteiger partial charge in [-0.3, -0.25) is 0 Å². The van der Waals surface area contributed by atoms with Gasteiger partial charge in [-0.15, -0.1) is 0 Å². The monoisotopic (exact) mass is 195 g/mol. The van der Waals surface area contributed by atoms with Gasteiger partial charge in [0.2, 0.25) is 0 Å². The fourth-order valence-electron chi connectivity index (χ4n) is 2.00. The Labute approximate surface area is 84.4 Å². The van der Waals surface area contributed by atoms with E-state index in [-0.39, 0.29) is 0 Å². The van der Waals surface area contributed by atoms with E-state index >= 15 is 0 Å². The fraction of sp³-hybridized carbons (Fsp3) is 0.636. The molecule has 1 fully saturated rings. The Morgan fingerprint density at radius 3 is 2.92 bits per heavy atom. The van der Waals surface area contributed by atoms with Crippen LogP contribution in [0.2, 0.25) is 0 Å². The fourth-order valence-corrected chi connectivity index (χ4v) is 2.67. The number of nitrogens with zero attached hydrogens (tertiary/aromatic N) is 1. The minimum atomic E-state index is 0.837. The molecule has 2 heteroatoms. The van der Waals surface area contributed by atoms with Crippen LogP contribution in [0.25, 0.3) is 0 Å². The molecule has 1 saturated heterocycles. The molecular formula is C11H17NS. The van der Waals surface area contributed by atoms with Gasteiger partial charge < -0.3 is 4.90 Å². The van der Waals surface area contributed by atoms with E-state index in [0.29, 0.717) is 0 Å². The van der Waals surface area contributed by atoms with Crippen molar-refractivity contribution in [3.8, 4) is 0 Å². The maximum absolute atomic E-state index is 2.52. The molecule has 1 aromatic heterocycles. The first kappa shape index (κ1) is 9.07. The highest BCUT2D eigenvalue weighted by molar-refractivity contribution is 7.08. The highest BCUT2D eigenvalue weighted by Gasteiger charge is 2.24. The van der Waals surface area contributed by atoms with Gasteiger partial charge in [0.25, 0.3) is 0 Å². The van der Waals surface area contributed by atoms with Gasteiger partial charge in [-0.05, 0) is 29.7 Å². The van der Waals surface area contributed by atoms with E-state index in [4.69, 9.17) is 0 Å². The lowest BCUT2D eigenvalue weighted by molar-refractivity contribution is 0.423. The number of hydrogen-bond donors (Lipinski definition) is 0. The summed E-state index contributed by atoms with van der Waals surface area (Å²) >= 11 is 1.79. The quantitative estimate of drug-likeness (QED) is 0.700. The molecular weight excluding hydrogens is 178 g/mol. The van der Waals surface area contributed by atoms with E-state index in [1.54, 1.807) is 11.3 Å². The Kier molecular flexibility index (Phi) is 2.58. The molecule has 0 saturated carbocycles. The van der Waals surface area contributed by atoms with Crippen LogP contribution in [0.4, 0.5) is 5.69 Å². The van der Waals surface area contributed by atoms with Crippen molar-refractivity contribution in [3.63, 3.8) is 0 Å². The number of rotatable bonds is 2. The molecule has 0 aliphatic carbocycles. The SMILES string of the molecule is CC(C)C1CCN(c2ccsc2)C1. The Morgan fingerprint density at radius 1 is 1.54 bits per heavy atom. The molecule has 0 amide bonds. The third kappa shape index (κ3) is 1.88. The second kappa shape index (κ2) is 3.70. The lowest BCUT2D eigenvalue weighted by Gasteiger charge is -2.18. The second-order valence-electron chi connectivity index (χ2n) is 4.22. The average Bonchev–Trinajstić information content (AvgIpc) is 2.75. The van der Waals surface area contributed by atoms with Gasteiger partial charge in [0, 0.05) is 24.2 Å². The third-order valence-corrected chi connectivity index (χ3v) is 3.71. The third-order valence-electron chi connectivity index (χ3n) is 3.04. The first-order chi connectivity index (χ1) is 6.27. The predicted octanol–water partition coefficient (Wildman–Crippen LogP) is 3.23. The molecule has 0 aromatic carbocycles. The van der Waals surface area contributed by atoms with Crippen molar-refractivity contribution in [3.05, 3.63) is 16.8 Å². The first-order valence-electron chi connectivity index (χ1n) is 5.04. The zero-order chi connectivity index (χ0) is 9.26. The molecule has 2 rings (SSSR count). The number of hydrogen-bond acceptors (Lipinski definition) is 2. The van der Waals surface area contributed by atoms with Crippen molar-refractivity contribution in [2.45, 2.75) is 20.3 Å². The molecule has 1 atom stereocenters. The minimum Gasteiger partial charge on any atom is -0.371 e. The van der Waals surface area contributed by atoms with Gasteiger partial charge in [-0.25, -0.2) is 0 Å². The molecule has 0 bridgehead atoms. The van der Waals surface area contributed by atoms with Crippen molar-refractivity contribution in [2.24, 2.45) is 11.8 Å². The normalized spacial score (nSPS) is 23.0. The molecule has 1 unspecified atom stereocenters. The molecule has 0 radical (unpaired) electrons. The molecule has 1 aromatic rings. The van der Waals surface area contributed by atoms with Crippen molar-refractivity contribution in [2.75, 3.05) is 18.0 Å². The van der Waals surface area contributed by atoms with E-state index in [1.807, 2.05) is 0 Å². The average molecular weight is 195 g/mol. The van der Waals surface area contributed by atoms with Crippen LogP contribution in [-0.4, -0.2) is 13.1 Å². The van der Waals surface area contributed by atoms with E-state index in [9.17, 15) is 0 Å². The standard InChI is InChI=1S/C11H17NS/c1-9(2)10-3-5-12(7-10)11-4-6-13-8-11/h4,6,8-10H,3,5,7H2,1-2H3. The first-order valence-corrected chi connectivity index (χ1v) is 5.99. The summed E-state index contributed by atoms with van der Waals surface area (Å²) < 4.78 is 0. The lowest BCUT2D eigenvalue weighted by atomic mass is 9.95. The molecule has 72 valence electrons. The van der Waals surface area contributed by atoms with Gasteiger partial charge in [-0.2, -0.15) is 11.3 Å². The Morgan fingerprint density at radius 2 is 2.38 bits per heavy atom. The maximum atomic E-state index is 2.52. The van der Waals surface area contributed by atoms with Gasteiger partial charge in [0.15, 0.2) is 0 Å². The molecule has 0 N–H and O–H groups in total. The van der Waals surface area contributed by atoms with Gasteiger partial charge in [-0.1, -0.05) is 13.8 Å². The molecule has 2 heterocycles. The molecule has 1 aliphatic heterocycles. The highest BCUT2D eigenvalue weighted by atomic mass is 32.1. The van der Waals surface area contributed by atoms with Crippen LogP contribution in [0.5, 0.6) is 0 Å². The van der Waals surface area contributed by atoms with Crippen molar-refractivity contribution in [1.29, 1.82) is 0 Å². The molecule has 1 aliphatic rings. The van der Waals surface area contributed by atoms with E-state index in [0.717, 1.165) is 11.8 Å². The lowest BCUT2D eigenvalue weighted by Crippen LogP contribution is -2.20. The Hall–Kier alpha value is -0.500. The van der Waals surface area contributed by atoms with Crippen LogP contribution in [0.1, 0.15) is 20.3 Å². The highest BCUT2D eigenvalue weighted by Crippen LogP contribution is 2.29. The zero-order valence-electron chi connectivity index (χ0n) is 8.36. The number of anilines is 1. The summed E-state index contributed by atoms with van der Waals surface area (Å²) in [6.07, 6.45) is 1.37. The molecule has 13 heavy (non-hydrogen) atoms. The molecule has 1 nitrogen and oxygen atoms in total. The van der Waals surface area contributed by atoms with E-state index in [2.05, 4.69) is 35.6 Å². The van der Waals surface area contributed by atoms with Crippen molar-refractivity contribution >= 4 is 17.0 Å². The smallest absolute Gasteiger partial charge is 0.0474 e. The summed E-state index contributed by atoms with van der Waals surface area (Å²) in [6, 6.07) is 2.23. The Balaban J connectivity index is 1.99. The van der Waals surface area contributed by atoms with Gasteiger partial charge >= 0.3 is 0 Å². The number of thiophene rings is 1. The summed E-state index contributed by atoms with van der Waals surface area (Å²) in [5.74, 6) is 1.74. The van der Waals surface area contributed by atoms with Crippen molar-refractivity contribution in [1.82, 2.24) is 0 Å². The summed E-state index contributed by atoms with van der Waals surface area (Å²) in [5, 5.41) is 4.42. The summed E-state index contributed by atoms with van der Waals surface area (Å²) in [6.45, 7) is 7.18. The predicted molar refractivity (Wildman–Crippen MR) is 59.5 cm³/mol. The second-order valence-corrected chi connectivity index (χ2v) is 5.00. The summed E-state index contributed by atoms with van der Waals surface area (Å²) in [7, 11) is 0. The van der Waals surface area contributed by atoms with Gasteiger partial charge in [0.1, 0.15) is 0 Å². The largest absolute Gasteiger partial charge is 0.371 e. The van der Waals surface area contributed by atoms with Crippen LogP contribution in [0.15, 0.2) is 16.8 Å². The van der Waals surface area contributed by atoms with Crippen LogP contribution in [-0.2, 0) is 0 Å². The maximum Gasteiger partial charge on any atom is 0.0474 e. The Bertz CT molecular complexity index is 253. The van der Waals surface area contributed by atoms with Crippen molar-refractivity contribution < 1.29 is 0 Å². The van der Waals surface area contributed by atoms with Crippen LogP contribution in [0, 0.1) is 11.8 Å². The van der Waals surface area contributed by atoms with Crippen LogP contribution < -0.4 is 4.90 Å².